The molecule has 0 bridgehead atoms. The van der Waals surface area contributed by atoms with E-state index in [1.807, 2.05) is 29.2 Å². The highest BCUT2D eigenvalue weighted by atomic mass is 32.1. The minimum Gasteiger partial charge on any atom is -0.366 e. The number of carbonyl (C=O) groups is 1. The van der Waals surface area contributed by atoms with Crippen molar-refractivity contribution < 1.29 is 9.72 Å². The third-order valence-corrected chi connectivity index (χ3v) is 5.59. The van der Waals surface area contributed by atoms with Gasteiger partial charge in [0.2, 0.25) is 0 Å². The van der Waals surface area contributed by atoms with Gasteiger partial charge in [-0.2, -0.15) is 0 Å². The van der Waals surface area contributed by atoms with E-state index in [4.69, 9.17) is 12.2 Å². The standard InChI is InChI=1S/C23H28N4O3S/c1-2-3-7-17-8-11-19(12-9-17)24-23(31)25-22(28)18-10-13-20(21(16-18)27(29)30)26-14-5-4-6-15-26/h8-13,16H,2-7,14-15H2,1H3,(H2,24,25,28,31). The molecule has 1 saturated heterocycles. The Bertz CT molecular complexity index is 940. The van der Waals surface area contributed by atoms with Gasteiger partial charge in [0.25, 0.3) is 11.6 Å². The third-order valence-electron chi connectivity index (χ3n) is 5.39. The molecule has 0 aliphatic carbocycles. The molecule has 0 aromatic heterocycles. The predicted molar refractivity (Wildman–Crippen MR) is 128 cm³/mol. The molecule has 31 heavy (non-hydrogen) atoms. The highest BCUT2D eigenvalue weighted by Gasteiger charge is 2.23. The zero-order chi connectivity index (χ0) is 22.2. The maximum atomic E-state index is 12.6. The number of aryl methyl sites for hydroxylation is 1. The first kappa shape index (κ1) is 22.7. The molecule has 0 spiro atoms. The molecule has 0 unspecified atom stereocenters. The van der Waals surface area contributed by atoms with Crippen molar-refractivity contribution in [1.82, 2.24) is 5.32 Å². The van der Waals surface area contributed by atoms with E-state index < -0.39 is 10.8 Å². The first-order valence-electron chi connectivity index (χ1n) is 10.7. The third kappa shape index (κ3) is 6.24. The summed E-state index contributed by atoms with van der Waals surface area (Å²) >= 11 is 5.24. The fourth-order valence-corrected chi connectivity index (χ4v) is 3.90. The van der Waals surface area contributed by atoms with Crippen molar-refractivity contribution in [3.63, 3.8) is 0 Å². The quantitative estimate of drug-likeness (QED) is 0.356. The van der Waals surface area contributed by atoms with E-state index in [-0.39, 0.29) is 16.4 Å². The van der Waals surface area contributed by atoms with Gasteiger partial charge in [-0.05, 0) is 74.2 Å². The fraction of sp³-hybridized carbons (Fsp3) is 0.391. The predicted octanol–water partition coefficient (Wildman–Crippen LogP) is 5.05. The Labute approximate surface area is 188 Å². The number of nitro benzene ring substituents is 1. The Morgan fingerprint density at radius 3 is 2.48 bits per heavy atom. The van der Waals surface area contributed by atoms with E-state index in [1.54, 1.807) is 12.1 Å². The summed E-state index contributed by atoms with van der Waals surface area (Å²) in [5.41, 5.74) is 2.73. The minimum atomic E-state index is -0.481. The number of thiocarbonyl (C=S) groups is 1. The van der Waals surface area contributed by atoms with Gasteiger partial charge >= 0.3 is 0 Å². The molecule has 1 fully saturated rings. The Hall–Kier alpha value is -3.00. The lowest BCUT2D eigenvalue weighted by atomic mass is 10.1. The molecule has 164 valence electrons. The number of piperidine rings is 1. The molecule has 3 rings (SSSR count). The lowest BCUT2D eigenvalue weighted by Gasteiger charge is -2.28. The van der Waals surface area contributed by atoms with Crippen molar-refractivity contribution in [1.29, 1.82) is 0 Å². The van der Waals surface area contributed by atoms with E-state index in [0.29, 0.717) is 5.69 Å². The van der Waals surface area contributed by atoms with E-state index in [9.17, 15) is 14.9 Å². The van der Waals surface area contributed by atoms with Crippen LogP contribution in [0, 0.1) is 10.1 Å². The van der Waals surface area contributed by atoms with Crippen LogP contribution in [0.5, 0.6) is 0 Å². The van der Waals surface area contributed by atoms with Gasteiger partial charge in [0.15, 0.2) is 5.11 Å². The second-order valence-electron chi connectivity index (χ2n) is 7.72. The van der Waals surface area contributed by atoms with Crippen molar-refractivity contribution >= 4 is 40.3 Å². The lowest BCUT2D eigenvalue weighted by molar-refractivity contribution is -0.384. The number of anilines is 2. The van der Waals surface area contributed by atoms with E-state index >= 15 is 0 Å². The smallest absolute Gasteiger partial charge is 0.293 e. The summed E-state index contributed by atoms with van der Waals surface area (Å²) in [5, 5.41) is 17.3. The molecule has 1 aliphatic heterocycles. The monoisotopic (exact) mass is 440 g/mol. The summed E-state index contributed by atoms with van der Waals surface area (Å²) in [6, 6.07) is 12.5. The molecule has 2 aromatic carbocycles. The molecule has 1 aliphatic rings. The normalized spacial score (nSPS) is 13.5. The molecule has 0 radical (unpaired) electrons. The van der Waals surface area contributed by atoms with Gasteiger partial charge in [-0.25, -0.2) is 0 Å². The van der Waals surface area contributed by atoms with Gasteiger partial charge in [-0.3, -0.25) is 20.2 Å². The molecule has 0 saturated carbocycles. The maximum absolute atomic E-state index is 12.6. The van der Waals surface area contributed by atoms with E-state index in [1.165, 1.54) is 11.6 Å². The van der Waals surface area contributed by atoms with Crippen LogP contribution in [0.1, 0.15) is 54.9 Å². The Balaban J connectivity index is 1.64. The van der Waals surface area contributed by atoms with Gasteiger partial charge in [0, 0.05) is 30.4 Å². The number of carbonyl (C=O) groups excluding carboxylic acids is 1. The van der Waals surface area contributed by atoms with Crippen LogP contribution in [0.15, 0.2) is 42.5 Å². The molecule has 1 amide bonds. The maximum Gasteiger partial charge on any atom is 0.293 e. The van der Waals surface area contributed by atoms with Crippen LogP contribution in [0.4, 0.5) is 17.1 Å². The Morgan fingerprint density at radius 2 is 1.84 bits per heavy atom. The van der Waals surface area contributed by atoms with Gasteiger partial charge in [0.1, 0.15) is 5.69 Å². The Morgan fingerprint density at radius 1 is 1.13 bits per heavy atom. The average molecular weight is 441 g/mol. The SMILES string of the molecule is CCCCc1ccc(NC(=S)NC(=O)c2ccc(N3CCCCC3)c([N+](=O)[O-])c2)cc1. The molecule has 0 atom stereocenters. The average Bonchev–Trinajstić information content (AvgIpc) is 2.78. The van der Waals surface area contributed by atoms with Crippen molar-refractivity contribution in [3.8, 4) is 0 Å². The number of unbranched alkanes of at least 4 members (excludes halogenated alkanes) is 1. The van der Waals surface area contributed by atoms with Gasteiger partial charge < -0.3 is 10.2 Å². The Kier molecular flexibility index (Phi) is 7.94. The molecule has 2 aromatic rings. The first-order chi connectivity index (χ1) is 15.0. The number of hydrogen-bond acceptors (Lipinski definition) is 5. The summed E-state index contributed by atoms with van der Waals surface area (Å²) < 4.78 is 0. The minimum absolute atomic E-state index is 0.0592. The number of rotatable bonds is 7. The number of benzene rings is 2. The number of nitrogens with zero attached hydrogens (tertiary/aromatic N) is 2. The molecular formula is C23H28N4O3S. The number of hydrogen-bond donors (Lipinski definition) is 2. The zero-order valence-corrected chi connectivity index (χ0v) is 18.5. The second-order valence-corrected chi connectivity index (χ2v) is 8.13. The second kappa shape index (κ2) is 10.9. The summed E-state index contributed by atoms with van der Waals surface area (Å²) in [4.78, 5) is 25.8. The topological polar surface area (TPSA) is 87.5 Å². The largest absolute Gasteiger partial charge is 0.366 e. The lowest BCUT2D eigenvalue weighted by Crippen LogP contribution is -2.34. The summed E-state index contributed by atoms with van der Waals surface area (Å²) in [6.07, 6.45) is 6.48. The summed E-state index contributed by atoms with van der Waals surface area (Å²) in [5.74, 6) is -0.481. The van der Waals surface area contributed by atoms with Crippen molar-refractivity contribution in [3.05, 3.63) is 63.7 Å². The van der Waals surface area contributed by atoms with Crippen molar-refractivity contribution in [2.24, 2.45) is 0 Å². The zero-order valence-electron chi connectivity index (χ0n) is 17.7. The van der Waals surface area contributed by atoms with Crippen LogP contribution < -0.4 is 15.5 Å². The highest BCUT2D eigenvalue weighted by Crippen LogP contribution is 2.31. The van der Waals surface area contributed by atoms with E-state index in [2.05, 4.69) is 17.6 Å². The number of amides is 1. The number of nitrogens with one attached hydrogen (secondary N) is 2. The van der Waals surface area contributed by atoms with Crippen LogP contribution in [0.2, 0.25) is 0 Å². The van der Waals surface area contributed by atoms with E-state index in [0.717, 1.165) is 57.3 Å². The van der Waals surface area contributed by atoms with Gasteiger partial charge in [0.05, 0.1) is 4.92 Å². The fourth-order valence-electron chi connectivity index (χ4n) is 3.69. The van der Waals surface area contributed by atoms with Crippen LogP contribution in [0.3, 0.4) is 0 Å². The highest BCUT2D eigenvalue weighted by molar-refractivity contribution is 7.80. The molecular weight excluding hydrogens is 412 g/mol. The van der Waals surface area contributed by atoms with Crippen molar-refractivity contribution in [2.75, 3.05) is 23.3 Å². The molecule has 7 nitrogen and oxygen atoms in total. The summed E-state index contributed by atoms with van der Waals surface area (Å²) in [6.45, 7) is 3.74. The first-order valence-corrected chi connectivity index (χ1v) is 11.1. The van der Waals surface area contributed by atoms with Gasteiger partial charge in [-0.15, -0.1) is 0 Å². The molecule has 1 heterocycles. The van der Waals surface area contributed by atoms with Crippen molar-refractivity contribution in [2.45, 2.75) is 45.4 Å². The number of nitro groups is 1. The van der Waals surface area contributed by atoms with Crippen LogP contribution in [-0.4, -0.2) is 29.0 Å². The van der Waals surface area contributed by atoms with Crippen LogP contribution >= 0.6 is 12.2 Å². The van der Waals surface area contributed by atoms with Crippen LogP contribution in [0.25, 0.3) is 0 Å². The summed E-state index contributed by atoms with van der Waals surface area (Å²) in [7, 11) is 0. The van der Waals surface area contributed by atoms with Crippen LogP contribution in [-0.2, 0) is 6.42 Å². The molecule has 2 N–H and O–H groups in total. The van der Waals surface area contributed by atoms with Gasteiger partial charge in [-0.1, -0.05) is 25.5 Å². The molecule has 8 heteroatoms.